The molecule has 4 aliphatic carbocycles. The van der Waals surface area contributed by atoms with Gasteiger partial charge in [-0.05, 0) is 60.1 Å². The van der Waals surface area contributed by atoms with Crippen LogP contribution in [0, 0.1) is 0 Å². The molecule has 1 aromatic heterocycles. The molecular formula is C23H21NO2. The average molecular weight is 343 g/mol. The summed E-state index contributed by atoms with van der Waals surface area (Å²) in [4.78, 5) is 16.4. The van der Waals surface area contributed by atoms with Crippen molar-refractivity contribution in [2.75, 3.05) is 0 Å². The van der Waals surface area contributed by atoms with Crippen molar-refractivity contribution in [2.45, 2.75) is 32.6 Å². The van der Waals surface area contributed by atoms with Crippen LogP contribution in [0.25, 0.3) is 11.3 Å². The highest BCUT2D eigenvalue weighted by Crippen LogP contribution is 2.37. The van der Waals surface area contributed by atoms with Crippen molar-refractivity contribution in [1.29, 1.82) is 0 Å². The highest BCUT2D eigenvalue weighted by molar-refractivity contribution is 5.79. The minimum Gasteiger partial charge on any atom is -0.426 e. The second-order valence-corrected chi connectivity index (χ2v) is 6.71. The van der Waals surface area contributed by atoms with Crippen molar-refractivity contribution < 1.29 is 9.53 Å². The van der Waals surface area contributed by atoms with Crippen LogP contribution in [0.4, 0.5) is 0 Å². The van der Waals surface area contributed by atoms with E-state index in [1.165, 1.54) is 18.1 Å². The van der Waals surface area contributed by atoms with Gasteiger partial charge in [-0.25, -0.2) is 0 Å². The average Bonchev–Trinajstić information content (AvgIpc) is 2.65. The predicted octanol–water partition coefficient (Wildman–Crippen LogP) is 4.56. The Hall–Kier alpha value is -2.94. The van der Waals surface area contributed by atoms with Crippen molar-refractivity contribution in [3.05, 3.63) is 83.0 Å². The van der Waals surface area contributed by atoms with E-state index >= 15 is 0 Å². The van der Waals surface area contributed by atoms with Gasteiger partial charge < -0.3 is 4.74 Å². The number of benzene rings is 2. The van der Waals surface area contributed by atoms with E-state index in [4.69, 9.17) is 4.74 Å². The summed E-state index contributed by atoms with van der Waals surface area (Å²) in [6, 6.07) is 19.0. The minimum atomic E-state index is -0.295. The number of rotatable bonds is 2. The highest BCUT2D eigenvalue weighted by Gasteiger charge is 2.19. The van der Waals surface area contributed by atoms with Gasteiger partial charge in [0.1, 0.15) is 5.75 Å². The lowest BCUT2D eigenvalue weighted by Crippen LogP contribution is -2.09. The number of aryl methyl sites for hydroxylation is 4. The monoisotopic (exact) mass is 343 g/mol. The van der Waals surface area contributed by atoms with Crippen molar-refractivity contribution in [2.24, 2.45) is 0 Å². The Kier molecular flexibility index (Phi) is 4.53. The maximum absolute atomic E-state index is 11.8. The van der Waals surface area contributed by atoms with E-state index in [0.29, 0.717) is 5.75 Å². The van der Waals surface area contributed by atoms with E-state index in [0.717, 1.165) is 48.1 Å². The molecule has 0 atom stereocenters. The summed E-state index contributed by atoms with van der Waals surface area (Å²) in [5.74, 6) is 0.375. The summed E-state index contributed by atoms with van der Waals surface area (Å²) >= 11 is 0. The quantitative estimate of drug-likeness (QED) is 0.506. The van der Waals surface area contributed by atoms with Gasteiger partial charge >= 0.3 is 5.97 Å². The summed E-state index contributed by atoms with van der Waals surface area (Å²) in [7, 11) is 0. The van der Waals surface area contributed by atoms with E-state index in [9.17, 15) is 4.79 Å². The van der Waals surface area contributed by atoms with Crippen LogP contribution >= 0.6 is 0 Å². The molecule has 0 unspecified atom stereocenters. The number of hydrogen-bond acceptors (Lipinski definition) is 3. The maximum atomic E-state index is 11.8. The second kappa shape index (κ2) is 7.12. The molecule has 3 aromatic rings. The molecule has 0 aliphatic heterocycles. The number of carbonyl (C=O) groups is 1. The topological polar surface area (TPSA) is 39.2 Å². The number of aromatic nitrogens is 1. The first-order valence-electron chi connectivity index (χ1n) is 9.03. The molecule has 0 saturated heterocycles. The van der Waals surface area contributed by atoms with E-state index in [1.54, 1.807) is 6.20 Å². The Morgan fingerprint density at radius 3 is 2.12 bits per heavy atom. The van der Waals surface area contributed by atoms with Crippen LogP contribution in [0.1, 0.15) is 29.2 Å². The van der Waals surface area contributed by atoms with Gasteiger partial charge in [-0.1, -0.05) is 42.5 Å². The fourth-order valence-electron chi connectivity index (χ4n) is 3.55. The fourth-order valence-corrected chi connectivity index (χ4v) is 3.55. The highest BCUT2D eigenvalue weighted by atomic mass is 16.5. The first-order valence-corrected chi connectivity index (χ1v) is 9.03. The third-order valence-electron chi connectivity index (χ3n) is 4.88. The molecule has 3 heteroatoms. The number of esters is 1. The number of nitrogens with zero attached hydrogens (tertiary/aromatic N) is 1. The van der Waals surface area contributed by atoms with Gasteiger partial charge in [0.15, 0.2) is 0 Å². The molecule has 4 bridgehead atoms. The van der Waals surface area contributed by atoms with E-state index in [1.807, 2.05) is 18.2 Å². The van der Waals surface area contributed by atoms with E-state index in [2.05, 4.69) is 41.4 Å². The Bertz CT molecular complexity index is 930. The molecule has 0 N–H and O–H groups in total. The number of carbonyl (C=O) groups excluding carboxylic acids is 1. The SMILES string of the molecule is CC(=O)Oc1c2ccc(c1-c1ccccn1)CCc1ccc(cc1)CC2. The predicted molar refractivity (Wildman–Crippen MR) is 102 cm³/mol. The number of ether oxygens (including phenoxy) is 1. The Balaban J connectivity index is 1.90. The van der Waals surface area contributed by atoms with E-state index < -0.39 is 0 Å². The molecular weight excluding hydrogens is 322 g/mol. The molecule has 2 aromatic carbocycles. The van der Waals surface area contributed by atoms with Crippen LogP contribution in [0.2, 0.25) is 0 Å². The van der Waals surface area contributed by atoms with Gasteiger partial charge in [-0.2, -0.15) is 0 Å². The zero-order chi connectivity index (χ0) is 17.9. The third-order valence-corrected chi connectivity index (χ3v) is 4.88. The second-order valence-electron chi connectivity index (χ2n) is 6.71. The van der Waals surface area contributed by atoms with Crippen LogP contribution in [0.15, 0.2) is 60.8 Å². The van der Waals surface area contributed by atoms with Crippen LogP contribution in [-0.2, 0) is 30.5 Å². The van der Waals surface area contributed by atoms with Gasteiger partial charge in [0.05, 0.1) is 5.69 Å². The maximum Gasteiger partial charge on any atom is 0.308 e. The van der Waals surface area contributed by atoms with E-state index in [-0.39, 0.29) is 5.97 Å². The van der Waals surface area contributed by atoms with Crippen LogP contribution in [0.3, 0.4) is 0 Å². The van der Waals surface area contributed by atoms with Gasteiger partial charge in [0, 0.05) is 18.7 Å². The van der Waals surface area contributed by atoms with Crippen LogP contribution < -0.4 is 4.74 Å². The van der Waals surface area contributed by atoms with Crippen molar-refractivity contribution in [3.8, 4) is 17.0 Å². The molecule has 4 aliphatic rings. The van der Waals surface area contributed by atoms with Crippen molar-refractivity contribution in [3.63, 3.8) is 0 Å². The molecule has 0 radical (unpaired) electrons. The standard InChI is InChI=1S/C23H21NO2/c1-16(25)26-23-20-12-10-18-7-5-17(6-8-18)9-11-19(13-14-20)22(23)21-4-2-3-15-24-21/h2-8,13-15H,9-12H2,1H3. The zero-order valence-corrected chi connectivity index (χ0v) is 14.9. The minimum absolute atomic E-state index is 0.295. The third kappa shape index (κ3) is 3.38. The molecule has 0 saturated carbocycles. The number of hydrogen-bond donors (Lipinski definition) is 0. The lowest BCUT2D eigenvalue weighted by Gasteiger charge is -2.19. The van der Waals surface area contributed by atoms with Crippen molar-refractivity contribution in [1.82, 2.24) is 4.98 Å². The van der Waals surface area contributed by atoms with Crippen molar-refractivity contribution >= 4 is 5.97 Å². The normalized spacial score (nSPS) is 13.1. The smallest absolute Gasteiger partial charge is 0.308 e. The molecule has 26 heavy (non-hydrogen) atoms. The lowest BCUT2D eigenvalue weighted by molar-refractivity contribution is -0.131. The molecule has 130 valence electrons. The number of pyridine rings is 1. The first-order chi connectivity index (χ1) is 12.7. The molecule has 0 amide bonds. The fraction of sp³-hybridized carbons (Fsp3) is 0.217. The van der Waals surface area contributed by atoms with Gasteiger partial charge in [-0.15, -0.1) is 0 Å². The molecule has 3 nitrogen and oxygen atoms in total. The summed E-state index contributed by atoms with van der Waals surface area (Å²) in [5, 5.41) is 0. The van der Waals surface area contributed by atoms with Gasteiger partial charge in [-0.3, -0.25) is 9.78 Å². The molecule has 0 spiro atoms. The van der Waals surface area contributed by atoms with Gasteiger partial charge in [0.2, 0.25) is 0 Å². The molecule has 1 heterocycles. The van der Waals surface area contributed by atoms with Crippen LogP contribution in [-0.4, -0.2) is 11.0 Å². The van der Waals surface area contributed by atoms with Crippen LogP contribution in [0.5, 0.6) is 5.75 Å². The first kappa shape index (κ1) is 16.5. The summed E-state index contributed by atoms with van der Waals surface area (Å²) in [6.07, 6.45) is 5.33. The Morgan fingerprint density at radius 2 is 1.50 bits per heavy atom. The summed E-state index contributed by atoms with van der Waals surface area (Å²) in [6.45, 7) is 1.46. The summed E-state index contributed by atoms with van der Waals surface area (Å²) < 4.78 is 5.72. The Morgan fingerprint density at radius 1 is 0.846 bits per heavy atom. The van der Waals surface area contributed by atoms with Gasteiger partial charge in [0.25, 0.3) is 0 Å². The lowest BCUT2D eigenvalue weighted by atomic mass is 9.91. The zero-order valence-electron chi connectivity index (χ0n) is 14.9. The Labute approximate surface area is 153 Å². The molecule has 7 rings (SSSR count). The largest absolute Gasteiger partial charge is 0.426 e. The molecule has 0 fully saturated rings. The summed E-state index contributed by atoms with van der Waals surface area (Å²) in [5.41, 5.74) is 6.63.